The summed E-state index contributed by atoms with van der Waals surface area (Å²) >= 11 is 0. The third-order valence-corrected chi connectivity index (χ3v) is 5.12. The molecule has 0 fully saturated rings. The summed E-state index contributed by atoms with van der Waals surface area (Å²) in [7, 11) is 0. The first-order valence-electron chi connectivity index (χ1n) is 9.04. The minimum atomic E-state index is 0.954. The third kappa shape index (κ3) is 2.34. The maximum atomic E-state index is 4.57. The van der Waals surface area contributed by atoms with Crippen LogP contribution in [-0.2, 0) is 0 Å². The lowest BCUT2D eigenvalue weighted by Crippen LogP contribution is -2.41. The van der Waals surface area contributed by atoms with E-state index in [2.05, 4.69) is 71.1 Å². The Balaban J connectivity index is 1.89. The van der Waals surface area contributed by atoms with E-state index in [9.17, 15) is 0 Å². The van der Waals surface area contributed by atoms with Crippen molar-refractivity contribution in [2.45, 2.75) is 13.8 Å². The molecule has 2 heterocycles. The molecule has 130 valence electrons. The van der Waals surface area contributed by atoms with Crippen LogP contribution in [0.5, 0.6) is 0 Å². The van der Waals surface area contributed by atoms with Crippen molar-refractivity contribution in [3.05, 3.63) is 95.5 Å². The van der Waals surface area contributed by atoms with Crippen LogP contribution in [0.2, 0.25) is 0 Å². The quantitative estimate of drug-likeness (QED) is 0.526. The van der Waals surface area contributed by atoms with Crippen LogP contribution in [0.4, 0.5) is 0 Å². The highest BCUT2D eigenvalue weighted by atomic mass is 15.3. The Morgan fingerprint density at radius 3 is 1.96 bits per heavy atom. The van der Waals surface area contributed by atoms with E-state index < -0.39 is 0 Å². The molecule has 2 aromatic carbocycles. The minimum absolute atomic E-state index is 0.954. The summed E-state index contributed by atoms with van der Waals surface area (Å²) in [5.74, 6) is 0. The lowest BCUT2D eigenvalue weighted by molar-refractivity contribution is -0.645. The van der Waals surface area contributed by atoms with Gasteiger partial charge in [-0.2, -0.15) is 5.10 Å². The number of fused-ring (bicyclic) bond motifs is 3. The molecule has 4 nitrogen and oxygen atoms in total. The second-order valence-electron chi connectivity index (χ2n) is 6.77. The molecule has 0 bridgehead atoms. The van der Waals surface area contributed by atoms with Gasteiger partial charge in [-0.05, 0) is 47.3 Å². The van der Waals surface area contributed by atoms with E-state index in [-0.39, 0.29) is 0 Å². The predicted octanol–water partition coefficient (Wildman–Crippen LogP) is 4.02. The minimum Gasteiger partial charge on any atom is -0.276 e. The first-order chi connectivity index (χ1) is 13.3. The van der Waals surface area contributed by atoms with Gasteiger partial charge in [0.05, 0.1) is 17.5 Å². The van der Waals surface area contributed by atoms with Crippen LogP contribution in [0.1, 0.15) is 25.0 Å². The Hall–Kier alpha value is -3.53. The van der Waals surface area contributed by atoms with E-state index in [4.69, 9.17) is 0 Å². The molecule has 3 aromatic rings. The van der Waals surface area contributed by atoms with E-state index in [0.29, 0.717) is 0 Å². The largest absolute Gasteiger partial charge is 0.276 e. The predicted molar refractivity (Wildman–Crippen MR) is 107 cm³/mol. The molecule has 0 unspecified atom stereocenters. The molecule has 1 aliphatic carbocycles. The molecule has 27 heavy (non-hydrogen) atoms. The molecular formula is C23H19N4+. The molecule has 0 amide bonds. The van der Waals surface area contributed by atoms with Gasteiger partial charge >= 0.3 is 0 Å². The Kier molecular flexibility index (Phi) is 3.50. The van der Waals surface area contributed by atoms with Gasteiger partial charge in [0.25, 0.3) is 5.70 Å². The molecule has 0 spiro atoms. The smallest absolute Gasteiger partial charge is 0.268 e. The fourth-order valence-corrected chi connectivity index (χ4v) is 3.97. The van der Waals surface area contributed by atoms with Crippen molar-refractivity contribution in [1.29, 1.82) is 0 Å². The maximum absolute atomic E-state index is 4.57. The van der Waals surface area contributed by atoms with Crippen LogP contribution < -0.4 is 10.1 Å². The zero-order valence-electron chi connectivity index (χ0n) is 15.3. The van der Waals surface area contributed by atoms with E-state index in [1.165, 1.54) is 27.8 Å². The summed E-state index contributed by atoms with van der Waals surface area (Å²) < 4.78 is 1.92. The number of aromatic nitrogens is 2. The van der Waals surface area contributed by atoms with Gasteiger partial charge in [0.15, 0.2) is 0 Å². The van der Waals surface area contributed by atoms with Crippen molar-refractivity contribution in [2.75, 3.05) is 0 Å². The van der Waals surface area contributed by atoms with Crippen LogP contribution in [0, 0.1) is 0 Å². The summed E-state index contributed by atoms with van der Waals surface area (Å²) in [5, 5.41) is 9.12. The highest BCUT2D eigenvalue weighted by Crippen LogP contribution is 2.47. The molecule has 0 saturated heterocycles. The molecule has 0 radical (unpaired) electrons. The maximum Gasteiger partial charge on any atom is 0.268 e. The highest BCUT2D eigenvalue weighted by Gasteiger charge is 2.34. The van der Waals surface area contributed by atoms with Gasteiger partial charge in [-0.25, -0.2) is 0 Å². The summed E-state index contributed by atoms with van der Waals surface area (Å²) in [5.41, 5.74) is 13.5. The molecule has 1 aromatic heterocycles. The van der Waals surface area contributed by atoms with Crippen LogP contribution in [0.25, 0.3) is 22.4 Å². The van der Waals surface area contributed by atoms with Gasteiger partial charge in [-0.1, -0.05) is 53.2 Å². The number of hydrazone groups is 1. The molecule has 4 heteroatoms. The van der Waals surface area contributed by atoms with Crippen molar-refractivity contribution in [1.82, 2.24) is 10.5 Å². The van der Waals surface area contributed by atoms with Crippen LogP contribution in [0.3, 0.4) is 0 Å². The molecule has 0 saturated carbocycles. The van der Waals surface area contributed by atoms with Gasteiger partial charge in [0.2, 0.25) is 6.20 Å². The highest BCUT2D eigenvalue weighted by molar-refractivity contribution is 6.20. The zero-order valence-corrected chi connectivity index (χ0v) is 15.3. The summed E-state index contributed by atoms with van der Waals surface area (Å²) in [6.07, 6.45) is 3.78. The van der Waals surface area contributed by atoms with Crippen LogP contribution >= 0.6 is 0 Å². The topological polar surface area (TPSA) is 41.2 Å². The van der Waals surface area contributed by atoms with E-state index in [1.807, 2.05) is 29.9 Å². The van der Waals surface area contributed by atoms with Gasteiger partial charge in [-0.3, -0.25) is 5.43 Å². The van der Waals surface area contributed by atoms with Gasteiger partial charge in [0, 0.05) is 11.6 Å². The fraction of sp³-hybridized carbons (Fsp3) is 0.0870. The number of hydrogen-bond donors (Lipinski definition) is 1. The SMILES string of the molecule is CC1=NNC(C)=C([n+]2ccccn2)C1=C1c2ccccc2-c2ccccc21. The first-order valence-corrected chi connectivity index (χ1v) is 9.04. The number of benzene rings is 2. The number of hydrogen-bond acceptors (Lipinski definition) is 3. The average Bonchev–Trinajstić information content (AvgIpc) is 3.04. The lowest BCUT2D eigenvalue weighted by Gasteiger charge is -2.18. The normalized spacial score (nSPS) is 15.3. The number of nitrogens with zero attached hydrogens (tertiary/aromatic N) is 3. The number of allylic oxidation sites excluding steroid dienone is 3. The molecular weight excluding hydrogens is 332 g/mol. The Labute approximate surface area is 158 Å². The standard InChI is InChI=1S/C23H19N4/c1-15-21(23(16(2)26-25-15)27-14-8-7-13-24-27)22-19-11-5-3-9-17(19)18-10-4-6-12-20(18)22/h3-14,26H,1-2H3/q+1. The van der Waals surface area contributed by atoms with Crippen molar-refractivity contribution >= 4 is 17.0 Å². The molecule has 1 aliphatic heterocycles. The number of nitrogens with one attached hydrogen (secondary N) is 1. The summed E-state index contributed by atoms with van der Waals surface area (Å²) in [4.78, 5) is 0. The Morgan fingerprint density at radius 2 is 1.37 bits per heavy atom. The van der Waals surface area contributed by atoms with Crippen LogP contribution in [-0.4, -0.2) is 10.8 Å². The van der Waals surface area contributed by atoms with Crippen molar-refractivity contribution in [3.8, 4) is 11.1 Å². The monoisotopic (exact) mass is 351 g/mol. The third-order valence-electron chi connectivity index (χ3n) is 5.12. The van der Waals surface area contributed by atoms with E-state index in [1.54, 1.807) is 6.20 Å². The average molecular weight is 351 g/mol. The number of rotatable bonds is 1. The zero-order chi connectivity index (χ0) is 18.4. The van der Waals surface area contributed by atoms with E-state index >= 15 is 0 Å². The second-order valence-corrected chi connectivity index (χ2v) is 6.77. The summed E-state index contributed by atoms with van der Waals surface area (Å²) in [6.45, 7) is 4.09. The van der Waals surface area contributed by atoms with Gasteiger partial charge in [-0.15, -0.1) is 0 Å². The van der Waals surface area contributed by atoms with Crippen molar-refractivity contribution in [3.63, 3.8) is 0 Å². The van der Waals surface area contributed by atoms with Gasteiger partial charge < -0.3 is 0 Å². The van der Waals surface area contributed by atoms with Crippen molar-refractivity contribution in [2.24, 2.45) is 5.10 Å². The Morgan fingerprint density at radius 1 is 0.741 bits per heavy atom. The van der Waals surface area contributed by atoms with E-state index in [0.717, 1.165) is 22.7 Å². The Bertz CT molecular complexity index is 1110. The van der Waals surface area contributed by atoms with Crippen LogP contribution in [0.15, 0.2) is 89.4 Å². The molecule has 5 rings (SSSR count). The first kappa shape index (κ1) is 15.7. The summed E-state index contributed by atoms with van der Waals surface area (Å²) in [6, 6.07) is 21.1. The van der Waals surface area contributed by atoms with Crippen molar-refractivity contribution < 1.29 is 4.68 Å². The molecule has 0 atom stereocenters. The molecule has 1 N–H and O–H groups in total. The molecule has 2 aliphatic rings. The fourth-order valence-electron chi connectivity index (χ4n) is 3.97. The van der Waals surface area contributed by atoms with Gasteiger partial charge in [0.1, 0.15) is 5.70 Å². The second kappa shape index (κ2) is 6.02. The lowest BCUT2D eigenvalue weighted by atomic mass is 9.92.